The van der Waals surface area contributed by atoms with Crippen LogP contribution in [0.1, 0.15) is 6.42 Å². The largest absolute Gasteiger partial charge is 0.750 e. The van der Waals surface area contributed by atoms with Crippen molar-refractivity contribution in [1.82, 2.24) is 0 Å². The molecule has 102 valence electrons. The Morgan fingerprint density at radius 3 is 2.33 bits per heavy atom. The van der Waals surface area contributed by atoms with Gasteiger partial charge in [-0.3, -0.25) is 0 Å². The van der Waals surface area contributed by atoms with Crippen LogP contribution in [0.25, 0.3) is 0 Å². The van der Waals surface area contributed by atoms with Gasteiger partial charge in [-0.1, -0.05) is 0 Å². The lowest BCUT2D eigenvalue weighted by Gasteiger charge is -2.11. The Labute approximate surface area is 109 Å². The van der Waals surface area contributed by atoms with Crippen molar-refractivity contribution in [3.8, 4) is 11.5 Å². The summed E-state index contributed by atoms with van der Waals surface area (Å²) < 4.78 is 34.9. The smallest absolute Gasteiger partial charge is 0.124 e. The predicted octanol–water partition coefficient (Wildman–Crippen LogP) is 1.32. The van der Waals surface area contributed by atoms with E-state index < -0.39 is 11.4 Å². The van der Waals surface area contributed by atoms with Gasteiger partial charge in [0.2, 0.25) is 0 Å². The standard InChI is InChI=1S/C11H17NO5S/c1-15-10-6-9(7-11(8-10)16-2)12-4-3-5-17-18(13)14/h6-8,12H,3-5H2,1-2H3,(H,13,14)/p-1. The van der Waals surface area contributed by atoms with Gasteiger partial charge in [-0.15, -0.1) is 0 Å². The van der Waals surface area contributed by atoms with E-state index in [0.717, 1.165) is 5.69 Å². The van der Waals surface area contributed by atoms with Gasteiger partial charge >= 0.3 is 0 Å². The maximum atomic E-state index is 10.1. The van der Waals surface area contributed by atoms with Crippen LogP contribution >= 0.6 is 0 Å². The molecule has 0 bridgehead atoms. The Morgan fingerprint density at radius 2 is 1.83 bits per heavy atom. The summed E-state index contributed by atoms with van der Waals surface area (Å²) in [5, 5.41) is 3.13. The fraction of sp³-hybridized carbons (Fsp3) is 0.455. The number of methoxy groups -OCH3 is 2. The average molecular weight is 274 g/mol. The molecule has 0 aromatic heterocycles. The fourth-order valence-corrected chi connectivity index (χ4v) is 1.60. The Kier molecular flexibility index (Phi) is 6.48. The quantitative estimate of drug-likeness (QED) is 0.569. The molecule has 1 rings (SSSR count). The van der Waals surface area contributed by atoms with Crippen molar-refractivity contribution in [3.05, 3.63) is 18.2 Å². The second-order valence-corrected chi connectivity index (χ2v) is 4.05. The van der Waals surface area contributed by atoms with Crippen LogP contribution in [0.4, 0.5) is 5.69 Å². The Bertz CT molecular complexity index is 377. The van der Waals surface area contributed by atoms with Crippen molar-refractivity contribution in [2.75, 3.05) is 32.7 Å². The van der Waals surface area contributed by atoms with Crippen molar-refractivity contribution < 1.29 is 22.4 Å². The minimum absolute atomic E-state index is 0.157. The van der Waals surface area contributed by atoms with E-state index in [-0.39, 0.29) is 6.61 Å². The van der Waals surface area contributed by atoms with Crippen LogP contribution in [0, 0.1) is 0 Å². The van der Waals surface area contributed by atoms with E-state index in [1.165, 1.54) is 0 Å². The van der Waals surface area contributed by atoms with E-state index in [1.807, 2.05) is 12.1 Å². The zero-order chi connectivity index (χ0) is 13.4. The van der Waals surface area contributed by atoms with E-state index in [0.29, 0.717) is 24.5 Å². The van der Waals surface area contributed by atoms with Gasteiger partial charge in [0.25, 0.3) is 0 Å². The van der Waals surface area contributed by atoms with Crippen LogP contribution in [0.15, 0.2) is 18.2 Å². The molecule has 1 atom stereocenters. The molecule has 0 aliphatic carbocycles. The summed E-state index contributed by atoms with van der Waals surface area (Å²) in [6, 6.07) is 5.43. The van der Waals surface area contributed by atoms with Crippen LogP contribution in [-0.4, -0.2) is 36.1 Å². The maximum absolute atomic E-state index is 10.1. The topological polar surface area (TPSA) is 79.9 Å². The van der Waals surface area contributed by atoms with Crippen LogP contribution in [0.2, 0.25) is 0 Å². The number of anilines is 1. The third kappa shape index (κ3) is 5.35. The molecule has 1 N–H and O–H groups in total. The van der Waals surface area contributed by atoms with Crippen molar-refractivity contribution in [2.45, 2.75) is 6.42 Å². The SMILES string of the molecule is COc1cc(NCCCOS(=O)[O-])cc(OC)c1. The average Bonchev–Trinajstić information content (AvgIpc) is 2.37. The Hall–Kier alpha value is -1.31. The first-order valence-corrected chi connectivity index (χ1v) is 6.35. The lowest BCUT2D eigenvalue weighted by Crippen LogP contribution is -2.07. The van der Waals surface area contributed by atoms with E-state index >= 15 is 0 Å². The number of ether oxygens (including phenoxy) is 2. The first-order valence-electron chi connectivity index (χ1n) is 5.35. The molecule has 7 heteroatoms. The van der Waals surface area contributed by atoms with Gasteiger partial charge in [0.05, 0.1) is 32.2 Å². The highest BCUT2D eigenvalue weighted by Crippen LogP contribution is 2.25. The molecule has 0 radical (unpaired) electrons. The Balaban J connectivity index is 2.43. The molecule has 1 aromatic rings. The zero-order valence-corrected chi connectivity index (χ0v) is 11.1. The van der Waals surface area contributed by atoms with E-state index in [9.17, 15) is 8.76 Å². The number of hydrogen-bond acceptors (Lipinski definition) is 6. The molecule has 18 heavy (non-hydrogen) atoms. The molecule has 6 nitrogen and oxygen atoms in total. The van der Waals surface area contributed by atoms with Gasteiger partial charge in [0, 0.05) is 30.4 Å². The summed E-state index contributed by atoms with van der Waals surface area (Å²) in [5.74, 6) is 1.38. The highest BCUT2D eigenvalue weighted by atomic mass is 32.2. The minimum Gasteiger partial charge on any atom is -0.750 e. The number of hydrogen-bond donors (Lipinski definition) is 1. The van der Waals surface area contributed by atoms with Crippen LogP contribution in [-0.2, 0) is 15.5 Å². The molecule has 0 spiro atoms. The van der Waals surface area contributed by atoms with Gasteiger partial charge in [-0.05, 0) is 6.42 Å². The molecular weight excluding hydrogens is 258 g/mol. The molecule has 1 unspecified atom stereocenters. The molecular formula is C11H16NO5S-. The lowest BCUT2D eigenvalue weighted by molar-refractivity contribution is 0.299. The number of rotatable bonds is 8. The third-order valence-electron chi connectivity index (χ3n) is 2.18. The molecule has 1 aromatic carbocycles. The van der Waals surface area contributed by atoms with E-state index in [4.69, 9.17) is 9.47 Å². The fourth-order valence-electron chi connectivity index (χ4n) is 1.34. The number of benzene rings is 1. The Morgan fingerprint density at radius 1 is 1.22 bits per heavy atom. The van der Waals surface area contributed by atoms with Gasteiger partial charge in [0.1, 0.15) is 11.5 Å². The normalized spacial score (nSPS) is 11.9. The molecule has 0 aliphatic heterocycles. The van der Waals surface area contributed by atoms with Crippen molar-refractivity contribution in [1.29, 1.82) is 0 Å². The summed E-state index contributed by atoms with van der Waals surface area (Å²) in [4.78, 5) is 0. The lowest BCUT2D eigenvalue weighted by atomic mass is 10.2. The van der Waals surface area contributed by atoms with Crippen LogP contribution < -0.4 is 14.8 Å². The molecule has 0 amide bonds. The summed E-state index contributed by atoms with van der Waals surface area (Å²) in [6.07, 6.45) is 0.577. The minimum atomic E-state index is -2.44. The van der Waals surface area contributed by atoms with Crippen molar-refractivity contribution >= 4 is 17.0 Å². The third-order valence-corrected chi connectivity index (χ3v) is 2.54. The first-order chi connectivity index (χ1) is 8.65. The van der Waals surface area contributed by atoms with E-state index in [1.54, 1.807) is 20.3 Å². The second-order valence-electron chi connectivity index (χ2n) is 3.41. The molecule has 0 heterocycles. The summed E-state index contributed by atoms with van der Waals surface area (Å²) in [5.41, 5.74) is 0.842. The molecule has 0 fully saturated rings. The number of nitrogens with one attached hydrogen (secondary N) is 1. The van der Waals surface area contributed by atoms with Gasteiger partial charge in [-0.2, -0.15) is 0 Å². The van der Waals surface area contributed by atoms with Crippen LogP contribution in [0.3, 0.4) is 0 Å². The first kappa shape index (κ1) is 14.7. The van der Waals surface area contributed by atoms with Gasteiger partial charge in [0.15, 0.2) is 0 Å². The summed E-state index contributed by atoms with van der Waals surface area (Å²) >= 11 is -2.44. The molecule has 0 aliphatic rings. The summed E-state index contributed by atoms with van der Waals surface area (Å²) in [7, 11) is 3.16. The van der Waals surface area contributed by atoms with Crippen molar-refractivity contribution in [2.24, 2.45) is 0 Å². The van der Waals surface area contributed by atoms with Gasteiger partial charge in [-0.25, -0.2) is 4.21 Å². The maximum Gasteiger partial charge on any atom is 0.124 e. The molecule has 0 saturated carbocycles. The monoisotopic (exact) mass is 274 g/mol. The van der Waals surface area contributed by atoms with Gasteiger partial charge < -0.3 is 23.5 Å². The predicted molar refractivity (Wildman–Crippen MR) is 67.5 cm³/mol. The van der Waals surface area contributed by atoms with Crippen molar-refractivity contribution in [3.63, 3.8) is 0 Å². The van der Waals surface area contributed by atoms with E-state index in [2.05, 4.69) is 9.50 Å². The second kappa shape index (κ2) is 7.91. The zero-order valence-electron chi connectivity index (χ0n) is 10.3. The highest BCUT2D eigenvalue weighted by molar-refractivity contribution is 7.74. The van der Waals surface area contributed by atoms with Crippen LogP contribution in [0.5, 0.6) is 11.5 Å². The molecule has 0 saturated heterocycles. The highest BCUT2D eigenvalue weighted by Gasteiger charge is 2.01. The summed E-state index contributed by atoms with van der Waals surface area (Å²) in [6.45, 7) is 0.748.